The van der Waals surface area contributed by atoms with Gasteiger partial charge in [-0.15, -0.1) is 0 Å². The van der Waals surface area contributed by atoms with Gasteiger partial charge in [0.2, 0.25) is 0 Å². The Morgan fingerprint density at radius 1 is 1.12 bits per heavy atom. The van der Waals surface area contributed by atoms with Crippen molar-refractivity contribution < 1.29 is 30.5 Å². The summed E-state index contributed by atoms with van der Waals surface area (Å²) in [4.78, 5) is 0. The Balaban J connectivity index is 2.64. The van der Waals surface area contributed by atoms with Crippen LogP contribution in [0.5, 0.6) is 11.5 Å². The molecule has 0 fully saturated rings. The van der Waals surface area contributed by atoms with Gasteiger partial charge in [0.25, 0.3) is 0 Å². The summed E-state index contributed by atoms with van der Waals surface area (Å²) < 4.78 is 70.6. The molecule has 2 aromatic carbocycles. The molecule has 0 aromatic heterocycles. The molecule has 0 saturated heterocycles. The van der Waals surface area contributed by atoms with Gasteiger partial charge in [0.15, 0.2) is 5.75 Å². The molecule has 0 N–H and O–H groups in total. The molecule has 8 heteroatoms. The van der Waals surface area contributed by atoms with E-state index in [1.165, 1.54) is 6.07 Å². The number of rotatable bonds is 6. The second kappa shape index (κ2) is 6.88. The fourth-order valence-corrected chi connectivity index (χ4v) is 2.73. The highest BCUT2D eigenvalue weighted by Gasteiger charge is 2.48. The second-order valence-electron chi connectivity index (χ2n) is 5.12. The van der Waals surface area contributed by atoms with Crippen molar-refractivity contribution >= 4 is 20.9 Å². The van der Waals surface area contributed by atoms with Crippen molar-refractivity contribution in [3.05, 3.63) is 35.9 Å². The molecular weight excluding hydrogens is 345 g/mol. The summed E-state index contributed by atoms with van der Waals surface area (Å²) in [5.74, 6) is -0.127. The summed E-state index contributed by atoms with van der Waals surface area (Å²) in [6, 6.07) is 7.95. The molecule has 0 spiro atoms. The van der Waals surface area contributed by atoms with Crippen molar-refractivity contribution in [1.29, 1.82) is 0 Å². The van der Waals surface area contributed by atoms with Crippen molar-refractivity contribution in [1.82, 2.24) is 0 Å². The average Bonchev–Trinajstić information content (AvgIpc) is 2.50. The summed E-state index contributed by atoms with van der Waals surface area (Å²) in [6.45, 7) is 4.05. The zero-order valence-electron chi connectivity index (χ0n) is 13.2. The van der Waals surface area contributed by atoms with Crippen LogP contribution in [0, 0.1) is 0 Å². The first-order valence-electron chi connectivity index (χ1n) is 7.38. The number of ether oxygens (including phenoxy) is 1. The maximum absolute atomic E-state index is 12.7. The van der Waals surface area contributed by atoms with E-state index in [9.17, 15) is 21.6 Å². The Labute approximate surface area is 138 Å². The van der Waals surface area contributed by atoms with Gasteiger partial charge in [-0.2, -0.15) is 21.6 Å². The van der Waals surface area contributed by atoms with Gasteiger partial charge in [0.05, 0.1) is 6.61 Å². The summed E-state index contributed by atoms with van der Waals surface area (Å²) in [5, 5.41) is 0.881. The van der Waals surface area contributed by atoms with Crippen LogP contribution in [0.4, 0.5) is 13.2 Å². The molecule has 0 bridgehead atoms. The normalized spacial score (nSPS) is 12.4. The molecule has 0 radical (unpaired) electrons. The Morgan fingerprint density at radius 2 is 1.83 bits per heavy atom. The Bertz CT molecular complexity index is 829. The number of fused-ring (bicyclic) bond motifs is 1. The van der Waals surface area contributed by atoms with E-state index in [4.69, 9.17) is 4.74 Å². The number of alkyl halides is 3. The van der Waals surface area contributed by atoms with E-state index in [1.807, 2.05) is 13.8 Å². The van der Waals surface area contributed by atoms with E-state index in [1.54, 1.807) is 24.3 Å². The Hall–Kier alpha value is -1.96. The number of benzene rings is 2. The van der Waals surface area contributed by atoms with Gasteiger partial charge < -0.3 is 8.92 Å². The van der Waals surface area contributed by atoms with E-state index in [2.05, 4.69) is 4.18 Å². The highest BCUT2D eigenvalue weighted by molar-refractivity contribution is 7.88. The maximum Gasteiger partial charge on any atom is 0.534 e. The fourth-order valence-electron chi connectivity index (χ4n) is 2.27. The highest BCUT2D eigenvalue weighted by Crippen LogP contribution is 2.37. The van der Waals surface area contributed by atoms with E-state index in [0.717, 1.165) is 0 Å². The largest absolute Gasteiger partial charge is 0.534 e. The molecule has 0 heterocycles. The van der Waals surface area contributed by atoms with Crippen molar-refractivity contribution in [2.75, 3.05) is 6.61 Å². The standard InChI is InChI=1S/C16H17F3O4S/c1-3-8-22-13-9-12-7-5-6-11(4-2)15(12)14(10-13)23-24(20,21)16(17,18)19/h5-7,9-10H,3-4,8H2,1-2H3. The Morgan fingerprint density at radius 3 is 2.42 bits per heavy atom. The van der Waals surface area contributed by atoms with Crippen molar-refractivity contribution in [2.24, 2.45) is 0 Å². The fraction of sp³-hybridized carbons (Fsp3) is 0.375. The van der Waals surface area contributed by atoms with Crippen LogP contribution in [-0.2, 0) is 16.5 Å². The van der Waals surface area contributed by atoms with Gasteiger partial charge >= 0.3 is 15.6 Å². The van der Waals surface area contributed by atoms with Crippen LogP contribution in [0.15, 0.2) is 30.3 Å². The van der Waals surface area contributed by atoms with Crippen LogP contribution >= 0.6 is 0 Å². The monoisotopic (exact) mass is 362 g/mol. The van der Waals surface area contributed by atoms with E-state index < -0.39 is 15.6 Å². The molecule has 2 rings (SSSR count). The van der Waals surface area contributed by atoms with Crippen molar-refractivity contribution in [3.8, 4) is 11.5 Å². The third-order valence-electron chi connectivity index (χ3n) is 3.34. The lowest BCUT2D eigenvalue weighted by molar-refractivity contribution is -0.0499. The minimum Gasteiger partial charge on any atom is -0.493 e. The van der Waals surface area contributed by atoms with Crippen LogP contribution in [0.2, 0.25) is 0 Å². The van der Waals surface area contributed by atoms with Crippen LogP contribution in [0.3, 0.4) is 0 Å². The van der Waals surface area contributed by atoms with Gasteiger partial charge in [0, 0.05) is 11.5 Å². The zero-order valence-corrected chi connectivity index (χ0v) is 14.0. The molecule has 4 nitrogen and oxygen atoms in total. The van der Waals surface area contributed by atoms with Gasteiger partial charge in [-0.3, -0.25) is 0 Å². The lowest BCUT2D eigenvalue weighted by atomic mass is 10.0. The first kappa shape index (κ1) is 18.4. The number of halogens is 3. The van der Waals surface area contributed by atoms with E-state index in [0.29, 0.717) is 35.8 Å². The van der Waals surface area contributed by atoms with Crippen molar-refractivity contribution in [3.63, 3.8) is 0 Å². The summed E-state index contributed by atoms with van der Waals surface area (Å²) in [5.41, 5.74) is -4.82. The molecule has 0 aliphatic heterocycles. The lowest BCUT2D eigenvalue weighted by Crippen LogP contribution is -2.28. The Kier molecular flexibility index (Phi) is 5.27. The number of hydrogen-bond donors (Lipinski definition) is 0. The molecule has 0 saturated carbocycles. The first-order chi connectivity index (χ1) is 11.2. The molecule has 0 atom stereocenters. The highest BCUT2D eigenvalue weighted by atomic mass is 32.2. The van der Waals surface area contributed by atoms with Gasteiger partial charge in [-0.25, -0.2) is 0 Å². The minimum absolute atomic E-state index is 0.255. The lowest BCUT2D eigenvalue weighted by Gasteiger charge is -2.15. The zero-order chi connectivity index (χ0) is 18.0. The quantitative estimate of drug-likeness (QED) is 0.564. The molecular formula is C16H17F3O4S. The van der Waals surface area contributed by atoms with Crippen LogP contribution < -0.4 is 8.92 Å². The second-order valence-corrected chi connectivity index (χ2v) is 6.66. The van der Waals surface area contributed by atoms with Gasteiger partial charge in [0.1, 0.15) is 5.75 Å². The third-order valence-corrected chi connectivity index (χ3v) is 4.30. The summed E-state index contributed by atoms with van der Waals surface area (Å²) in [6.07, 6.45) is 1.21. The average molecular weight is 362 g/mol. The molecule has 132 valence electrons. The third kappa shape index (κ3) is 3.75. The number of hydrogen-bond acceptors (Lipinski definition) is 4. The molecule has 0 aliphatic carbocycles. The van der Waals surface area contributed by atoms with Gasteiger partial charge in [-0.1, -0.05) is 32.0 Å². The molecule has 0 unspecified atom stereocenters. The molecule has 24 heavy (non-hydrogen) atoms. The van der Waals surface area contributed by atoms with Crippen LogP contribution in [0.25, 0.3) is 10.8 Å². The van der Waals surface area contributed by atoms with E-state index >= 15 is 0 Å². The van der Waals surface area contributed by atoms with Crippen molar-refractivity contribution in [2.45, 2.75) is 32.2 Å². The predicted molar refractivity (Wildman–Crippen MR) is 84.7 cm³/mol. The molecule has 2 aromatic rings. The van der Waals surface area contributed by atoms with Crippen LogP contribution in [0.1, 0.15) is 25.8 Å². The minimum atomic E-state index is -5.76. The van der Waals surface area contributed by atoms with E-state index in [-0.39, 0.29) is 11.5 Å². The predicted octanol–water partition coefficient (Wildman–Crippen LogP) is 4.42. The first-order valence-corrected chi connectivity index (χ1v) is 8.79. The van der Waals surface area contributed by atoms with Gasteiger partial charge in [-0.05, 0) is 29.9 Å². The smallest absolute Gasteiger partial charge is 0.493 e. The topological polar surface area (TPSA) is 52.6 Å². The molecule has 0 aliphatic rings. The SMILES string of the molecule is CCCOc1cc(OS(=O)(=O)C(F)(F)F)c2c(CC)cccc2c1. The summed E-state index contributed by atoms with van der Waals surface area (Å²) in [7, 11) is -5.76. The molecule has 0 amide bonds. The maximum atomic E-state index is 12.7. The summed E-state index contributed by atoms with van der Waals surface area (Å²) >= 11 is 0. The van der Waals surface area contributed by atoms with Crippen LogP contribution in [-0.4, -0.2) is 20.5 Å². The number of aryl methyl sites for hydroxylation is 1.